The van der Waals surface area contributed by atoms with Gasteiger partial charge in [-0.25, -0.2) is 13.6 Å². The molecule has 1 heterocycles. The molecule has 96 valence electrons. The van der Waals surface area contributed by atoms with E-state index in [-0.39, 0.29) is 28.9 Å². The van der Waals surface area contributed by atoms with E-state index in [0.717, 1.165) is 0 Å². The topological polar surface area (TPSA) is 59.7 Å². The van der Waals surface area contributed by atoms with Crippen LogP contribution in [0.2, 0.25) is 0 Å². The molecule has 0 saturated heterocycles. The summed E-state index contributed by atoms with van der Waals surface area (Å²) in [5.74, 6) is -1.78. The van der Waals surface area contributed by atoms with Crippen LogP contribution in [-0.2, 0) is 4.74 Å². The molecule has 0 unspecified atom stereocenters. The first-order chi connectivity index (χ1) is 8.54. The number of halogens is 2. The van der Waals surface area contributed by atoms with Gasteiger partial charge in [0.25, 0.3) is 6.43 Å². The monoisotopic (exact) mass is 256 g/mol. The zero-order chi connectivity index (χ0) is 13.3. The highest BCUT2D eigenvalue weighted by molar-refractivity contribution is 6.05. The summed E-state index contributed by atoms with van der Waals surface area (Å²) in [6.45, 7) is 1.63. The van der Waals surface area contributed by atoms with Crippen molar-refractivity contribution in [2.24, 2.45) is 0 Å². The lowest BCUT2D eigenvalue weighted by Crippen LogP contribution is -2.06. The van der Waals surface area contributed by atoms with E-state index in [1.165, 1.54) is 18.2 Å². The number of alkyl halides is 2. The molecule has 6 heteroatoms. The lowest BCUT2D eigenvalue weighted by atomic mass is 10.1. The molecule has 0 bridgehead atoms. The second-order valence-corrected chi connectivity index (χ2v) is 3.54. The maximum atomic E-state index is 12.8. The lowest BCUT2D eigenvalue weighted by molar-refractivity contribution is 0.0509. The molecule has 2 aromatic rings. The van der Waals surface area contributed by atoms with Crippen molar-refractivity contribution >= 4 is 16.9 Å². The molecule has 1 aromatic heterocycles. The molecular weight excluding hydrogens is 246 g/mol. The molecule has 1 N–H and O–H groups in total. The molecular formula is C12H10F2O4. The molecule has 2 rings (SSSR count). The molecule has 1 aromatic carbocycles. The van der Waals surface area contributed by atoms with Crippen LogP contribution >= 0.6 is 0 Å². The third-order valence-electron chi connectivity index (χ3n) is 2.38. The van der Waals surface area contributed by atoms with Crippen molar-refractivity contribution in [3.8, 4) is 5.75 Å². The minimum absolute atomic E-state index is 0.0625. The fourth-order valence-electron chi connectivity index (χ4n) is 1.67. The van der Waals surface area contributed by atoms with E-state index < -0.39 is 18.2 Å². The summed E-state index contributed by atoms with van der Waals surface area (Å²) in [5.41, 5.74) is -0.232. The highest BCUT2D eigenvalue weighted by Gasteiger charge is 2.27. The summed E-state index contributed by atoms with van der Waals surface area (Å²) in [5, 5.41) is 9.45. The predicted molar refractivity (Wildman–Crippen MR) is 58.8 cm³/mol. The average Bonchev–Trinajstić information content (AvgIpc) is 2.67. The second-order valence-electron chi connectivity index (χ2n) is 3.54. The fraction of sp³-hybridized carbons (Fsp3) is 0.250. The SMILES string of the molecule is CCOC(=O)c1c(C(F)F)oc2ccc(O)cc12. The quantitative estimate of drug-likeness (QED) is 0.856. The maximum Gasteiger partial charge on any atom is 0.342 e. The number of phenols is 1. The van der Waals surface area contributed by atoms with Crippen molar-refractivity contribution < 1.29 is 27.8 Å². The zero-order valence-corrected chi connectivity index (χ0v) is 9.44. The Morgan fingerprint density at radius 1 is 1.50 bits per heavy atom. The van der Waals surface area contributed by atoms with E-state index in [1.54, 1.807) is 6.92 Å². The molecule has 0 radical (unpaired) electrons. The largest absolute Gasteiger partial charge is 0.508 e. The van der Waals surface area contributed by atoms with Gasteiger partial charge in [-0.3, -0.25) is 0 Å². The van der Waals surface area contributed by atoms with Crippen LogP contribution in [0.1, 0.15) is 29.5 Å². The van der Waals surface area contributed by atoms with Gasteiger partial charge in [-0.2, -0.15) is 0 Å². The van der Waals surface area contributed by atoms with Crippen molar-refractivity contribution in [3.63, 3.8) is 0 Å². The van der Waals surface area contributed by atoms with Crippen molar-refractivity contribution in [2.45, 2.75) is 13.3 Å². The van der Waals surface area contributed by atoms with Gasteiger partial charge in [-0.15, -0.1) is 0 Å². The molecule has 0 aliphatic carbocycles. The van der Waals surface area contributed by atoms with Gasteiger partial charge in [0, 0.05) is 5.39 Å². The van der Waals surface area contributed by atoms with E-state index in [9.17, 15) is 18.7 Å². The summed E-state index contributed by atoms with van der Waals surface area (Å²) in [6, 6.07) is 3.80. The Kier molecular flexibility index (Phi) is 3.18. The van der Waals surface area contributed by atoms with E-state index in [1.807, 2.05) is 0 Å². The van der Waals surface area contributed by atoms with Gasteiger partial charge in [-0.05, 0) is 25.1 Å². The maximum absolute atomic E-state index is 12.8. The van der Waals surface area contributed by atoms with E-state index in [0.29, 0.717) is 0 Å². The summed E-state index contributed by atoms with van der Waals surface area (Å²) >= 11 is 0. The van der Waals surface area contributed by atoms with Gasteiger partial charge in [0.05, 0.1) is 6.61 Å². The zero-order valence-electron chi connectivity index (χ0n) is 9.44. The Morgan fingerprint density at radius 3 is 2.83 bits per heavy atom. The first-order valence-electron chi connectivity index (χ1n) is 5.25. The number of aromatic hydroxyl groups is 1. The van der Waals surface area contributed by atoms with Crippen LogP contribution in [-0.4, -0.2) is 17.7 Å². The normalized spacial score (nSPS) is 11.1. The number of benzene rings is 1. The average molecular weight is 256 g/mol. The standard InChI is InChI=1S/C12H10F2O4/c1-2-17-12(16)9-7-5-6(15)3-4-8(7)18-10(9)11(13)14/h3-5,11,15H,2H2,1H3. The van der Waals surface area contributed by atoms with Crippen LogP contribution < -0.4 is 0 Å². The second kappa shape index (κ2) is 4.64. The van der Waals surface area contributed by atoms with Crippen LogP contribution in [0, 0.1) is 0 Å². The Morgan fingerprint density at radius 2 is 2.22 bits per heavy atom. The highest BCUT2D eigenvalue weighted by atomic mass is 19.3. The van der Waals surface area contributed by atoms with E-state index in [4.69, 9.17) is 9.15 Å². The molecule has 0 amide bonds. The molecule has 0 atom stereocenters. The number of hydrogen-bond acceptors (Lipinski definition) is 4. The summed E-state index contributed by atoms with van der Waals surface area (Å²) in [4.78, 5) is 11.7. The van der Waals surface area contributed by atoms with Gasteiger partial charge >= 0.3 is 5.97 Å². The Bertz CT molecular complexity index is 589. The first kappa shape index (κ1) is 12.3. The molecule has 4 nitrogen and oxygen atoms in total. The smallest absolute Gasteiger partial charge is 0.342 e. The van der Waals surface area contributed by atoms with Gasteiger partial charge in [0.15, 0.2) is 5.76 Å². The summed E-state index contributed by atoms with van der Waals surface area (Å²) < 4.78 is 35.2. The number of carbonyl (C=O) groups is 1. The highest BCUT2D eigenvalue weighted by Crippen LogP contribution is 2.34. The Balaban J connectivity index is 2.68. The molecule has 0 aliphatic rings. The number of carbonyl (C=O) groups excluding carboxylic acids is 1. The predicted octanol–water partition coefficient (Wildman–Crippen LogP) is 3.25. The van der Waals surface area contributed by atoms with Crippen LogP contribution in [0.3, 0.4) is 0 Å². The van der Waals surface area contributed by atoms with Crippen molar-refractivity contribution in [3.05, 3.63) is 29.5 Å². The van der Waals surface area contributed by atoms with Gasteiger partial charge in [0.1, 0.15) is 16.9 Å². The Labute approximate surface area is 101 Å². The van der Waals surface area contributed by atoms with Crippen molar-refractivity contribution in [1.29, 1.82) is 0 Å². The minimum Gasteiger partial charge on any atom is -0.508 e. The van der Waals surface area contributed by atoms with Crippen LogP contribution in [0.25, 0.3) is 11.0 Å². The number of fused-ring (bicyclic) bond motifs is 1. The molecule has 0 spiro atoms. The number of rotatable bonds is 3. The number of phenolic OH excluding ortho intramolecular Hbond substituents is 1. The summed E-state index contributed by atoms with van der Waals surface area (Å²) in [6.07, 6.45) is -2.93. The number of hydrogen-bond donors (Lipinski definition) is 1. The number of ether oxygens (including phenoxy) is 1. The molecule has 18 heavy (non-hydrogen) atoms. The van der Waals surface area contributed by atoms with Gasteiger partial charge < -0.3 is 14.3 Å². The molecule has 0 fully saturated rings. The van der Waals surface area contributed by atoms with Crippen LogP contribution in [0.4, 0.5) is 8.78 Å². The van der Waals surface area contributed by atoms with Crippen LogP contribution in [0.5, 0.6) is 5.75 Å². The first-order valence-corrected chi connectivity index (χ1v) is 5.25. The molecule has 0 aliphatic heterocycles. The van der Waals surface area contributed by atoms with E-state index in [2.05, 4.69) is 0 Å². The van der Waals surface area contributed by atoms with Crippen molar-refractivity contribution in [2.75, 3.05) is 6.61 Å². The third kappa shape index (κ3) is 2.01. The van der Waals surface area contributed by atoms with Gasteiger partial charge in [-0.1, -0.05) is 0 Å². The third-order valence-corrected chi connectivity index (χ3v) is 2.38. The van der Waals surface area contributed by atoms with E-state index >= 15 is 0 Å². The lowest BCUT2D eigenvalue weighted by Gasteiger charge is -2.02. The number of esters is 1. The van der Waals surface area contributed by atoms with Crippen molar-refractivity contribution in [1.82, 2.24) is 0 Å². The Hall–Kier alpha value is -2.11. The number of furan rings is 1. The summed E-state index contributed by atoms with van der Waals surface area (Å²) in [7, 11) is 0. The minimum atomic E-state index is -2.93. The van der Waals surface area contributed by atoms with Crippen LogP contribution in [0.15, 0.2) is 22.6 Å². The molecule has 0 saturated carbocycles. The van der Waals surface area contributed by atoms with Gasteiger partial charge in [0.2, 0.25) is 0 Å². The fourth-order valence-corrected chi connectivity index (χ4v) is 1.67.